The Morgan fingerprint density at radius 3 is 2.18 bits per heavy atom. The number of hydrogen-bond acceptors (Lipinski definition) is 1. The van der Waals surface area contributed by atoms with Crippen molar-refractivity contribution in [3.05, 3.63) is 0 Å². The van der Waals surface area contributed by atoms with E-state index in [2.05, 4.69) is 0 Å². The molecule has 2 unspecified atom stereocenters. The van der Waals surface area contributed by atoms with Crippen LogP contribution in [0.3, 0.4) is 0 Å². The normalized spacial score (nSPS) is 16.4. The van der Waals surface area contributed by atoms with Gasteiger partial charge in [-0.15, -0.1) is 34.8 Å². The molecular formula is C6H10Cl4O. The lowest BCUT2D eigenvalue weighted by molar-refractivity contribution is 0.119. The van der Waals surface area contributed by atoms with Gasteiger partial charge in [0.1, 0.15) is 5.56 Å². The Morgan fingerprint density at radius 1 is 1.09 bits per heavy atom. The highest BCUT2D eigenvalue weighted by molar-refractivity contribution is 6.28. The van der Waals surface area contributed by atoms with Gasteiger partial charge >= 0.3 is 0 Å². The average Bonchev–Trinajstić information content (AvgIpc) is 2.04. The smallest absolute Gasteiger partial charge is 0.144 e. The van der Waals surface area contributed by atoms with Crippen LogP contribution in [-0.4, -0.2) is 29.3 Å². The van der Waals surface area contributed by atoms with Gasteiger partial charge < -0.3 is 4.74 Å². The summed E-state index contributed by atoms with van der Waals surface area (Å²) < 4.78 is 5.05. The fraction of sp³-hybridized carbons (Fsp3) is 1.00. The summed E-state index contributed by atoms with van der Waals surface area (Å²) in [7, 11) is 0. The van der Waals surface area contributed by atoms with Crippen molar-refractivity contribution in [3.8, 4) is 0 Å². The van der Waals surface area contributed by atoms with Crippen LogP contribution < -0.4 is 0 Å². The second kappa shape index (κ2) is 7.75. The lowest BCUT2D eigenvalue weighted by atomic mass is 10.3. The third-order valence-electron chi connectivity index (χ3n) is 1.02. The van der Waals surface area contributed by atoms with Gasteiger partial charge in [0.2, 0.25) is 0 Å². The number of ether oxygens (including phenoxy) is 1. The van der Waals surface area contributed by atoms with E-state index in [9.17, 15) is 0 Å². The van der Waals surface area contributed by atoms with Crippen LogP contribution in [0.25, 0.3) is 0 Å². The van der Waals surface area contributed by atoms with Crippen molar-refractivity contribution in [2.24, 2.45) is 0 Å². The van der Waals surface area contributed by atoms with E-state index in [1.165, 1.54) is 0 Å². The zero-order chi connectivity index (χ0) is 8.69. The number of halogens is 4. The van der Waals surface area contributed by atoms with Gasteiger partial charge in [0.05, 0.1) is 12.5 Å². The third kappa shape index (κ3) is 7.48. The lowest BCUT2D eigenvalue weighted by Crippen LogP contribution is -2.11. The quantitative estimate of drug-likeness (QED) is 0.648. The van der Waals surface area contributed by atoms with Crippen LogP contribution in [0.5, 0.6) is 0 Å². The van der Waals surface area contributed by atoms with Crippen LogP contribution in [0.1, 0.15) is 6.42 Å². The SMILES string of the molecule is ClCC(Cl)CCOC(Cl)CCl. The zero-order valence-corrected chi connectivity index (χ0v) is 8.93. The summed E-state index contributed by atoms with van der Waals surface area (Å²) in [5, 5.41) is -0.0455. The summed E-state index contributed by atoms with van der Waals surface area (Å²) >= 11 is 22.1. The second-order valence-corrected chi connectivity index (χ2v) is 3.70. The first-order valence-corrected chi connectivity index (χ1v) is 5.16. The van der Waals surface area contributed by atoms with Crippen molar-refractivity contribution in [2.45, 2.75) is 17.4 Å². The Bertz CT molecular complexity index is 80.7. The fourth-order valence-electron chi connectivity index (χ4n) is 0.445. The summed E-state index contributed by atoms with van der Waals surface area (Å²) in [6, 6.07) is 0. The molecular weight excluding hydrogens is 230 g/mol. The first kappa shape index (κ1) is 12.1. The minimum atomic E-state index is -0.421. The van der Waals surface area contributed by atoms with Crippen molar-refractivity contribution >= 4 is 46.4 Å². The minimum absolute atomic E-state index is 0.0455. The van der Waals surface area contributed by atoms with Gasteiger partial charge in [0.25, 0.3) is 0 Å². The van der Waals surface area contributed by atoms with E-state index in [4.69, 9.17) is 51.1 Å². The first-order valence-electron chi connectivity index (χ1n) is 3.22. The van der Waals surface area contributed by atoms with Gasteiger partial charge in [-0.05, 0) is 6.42 Å². The largest absolute Gasteiger partial charge is 0.361 e. The van der Waals surface area contributed by atoms with Crippen molar-refractivity contribution in [1.29, 1.82) is 0 Å². The number of hydrogen-bond donors (Lipinski definition) is 0. The maximum Gasteiger partial charge on any atom is 0.144 e. The van der Waals surface area contributed by atoms with Crippen LogP contribution >= 0.6 is 46.4 Å². The molecule has 2 atom stereocenters. The van der Waals surface area contributed by atoms with Gasteiger partial charge in [0.15, 0.2) is 0 Å². The second-order valence-electron chi connectivity index (χ2n) is 1.98. The van der Waals surface area contributed by atoms with Crippen molar-refractivity contribution in [3.63, 3.8) is 0 Å². The predicted octanol–water partition coefficient (Wildman–Crippen LogP) is 3.04. The van der Waals surface area contributed by atoms with Crippen LogP contribution in [0.2, 0.25) is 0 Å². The van der Waals surface area contributed by atoms with E-state index in [0.29, 0.717) is 18.9 Å². The highest BCUT2D eigenvalue weighted by Crippen LogP contribution is 2.07. The molecule has 11 heavy (non-hydrogen) atoms. The molecule has 0 spiro atoms. The molecule has 0 bridgehead atoms. The molecule has 0 rings (SSSR count). The Hall–Kier alpha value is 1.12. The van der Waals surface area contributed by atoms with Gasteiger partial charge in [0, 0.05) is 11.3 Å². The number of alkyl halides is 4. The molecule has 68 valence electrons. The molecule has 0 N–H and O–H groups in total. The molecule has 0 radical (unpaired) electrons. The molecule has 0 fully saturated rings. The Kier molecular flexibility index (Phi) is 8.54. The Balaban J connectivity index is 3.13. The molecule has 0 saturated carbocycles. The van der Waals surface area contributed by atoms with Crippen molar-refractivity contribution in [1.82, 2.24) is 0 Å². The van der Waals surface area contributed by atoms with E-state index >= 15 is 0 Å². The van der Waals surface area contributed by atoms with Crippen LogP contribution in [0.15, 0.2) is 0 Å². The van der Waals surface area contributed by atoms with Crippen molar-refractivity contribution in [2.75, 3.05) is 18.4 Å². The zero-order valence-electron chi connectivity index (χ0n) is 5.90. The maximum absolute atomic E-state index is 5.70. The van der Waals surface area contributed by atoms with E-state index in [0.717, 1.165) is 0 Å². The molecule has 5 heteroatoms. The molecule has 0 amide bonds. The summed E-state index contributed by atoms with van der Waals surface area (Å²) in [5.74, 6) is 0.716. The fourth-order valence-corrected chi connectivity index (χ4v) is 0.867. The van der Waals surface area contributed by atoms with E-state index < -0.39 is 5.56 Å². The summed E-state index contributed by atoms with van der Waals surface area (Å²) in [6.07, 6.45) is 0.700. The molecule has 0 aliphatic heterocycles. The monoisotopic (exact) mass is 238 g/mol. The van der Waals surface area contributed by atoms with E-state index in [1.54, 1.807) is 0 Å². The van der Waals surface area contributed by atoms with Gasteiger partial charge in [-0.3, -0.25) is 0 Å². The van der Waals surface area contributed by atoms with Crippen molar-refractivity contribution < 1.29 is 4.74 Å². The van der Waals surface area contributed by atoms with Gasteiger partial charge in [-0.25, -0.2) is 0 Å². The molecule has 0 aromatic rings. The van der Waals surface area contributed by atoms with Gasteiger partial charge in [-0.1, -0.05) is 11.6 Å². The first-order chi connectivity index (χ1) is 5.20. The molecule has 0 aromatic carbocycles. The predicted molar refractivity (Wildman–Crippen MR) is 51.3 cm³/mol. The summed E-state index contributed by atoms with van der Waals surface area (Å²) in [6.45, 7) is 0.502. The highest BCUT2D eigenvalue weighted by Gasteiger charge is 2.05. The highest BCUT2D eigenvalue weighted by atomic mass is 35.5. The van der Waals surface area contributed by atoms with Crippen LogP contribution in [0.4, 0.5) is 0 Å². The standard InChI is InChI=1S/C6H10Cl4O/c7-3-5(9)1-2-11-6(10)4-8/h5-6H,1-4H2. The van der Waals surface area contributed by atoms with Crippen LogP contribution in [0, 0.1) is 0 Å². The average molecular weight is 240 g/mol. The lowest BCUT2D eigenvalue weighted by Gasteiger charge is -2.08. The molecule has 0 aliphatic rings. The van der Waals surface area contributed by atoms with Gasteiger partial charge in [-0.2, -0.15) is 0 Å². The van der Waals surface area contributed by atoms with E-state index in [-0.39, 0.29) is 11.3 Å². The Labute approximate surface area is 86.9 Å². The molecule has 0 saturated heterocycles. The van der Waals surface area contributed by atoms with Crippen LogP contribution in [-0.2, 0) is 4.74 Å². The summed E-state index contributed by atoms with van der Waals surface area (Å²) in [5.41, 5.74) is -0.421. The topological polar surface area (TPSA) is 9.23 Å². The molecule has 1 nitrogen and oxygen atoms in total. The maximum atomic E-state index is 5.70. The minimum Gasteiger partial charge on any atom is -0.361 e. The molecule has 0 aliphatic carbocycles. The summed E-state index contributed by atoms with van der Waals surface area (Å²) in [4.78, 5) is 0. The Morgan fingerprint density at radius 2 is 1.73 bits per heavy atom. The molecule has 0 aromatic heterocycles. The third-order valence-corrected chi connectivity index (χ3v) is 2.64. The number of rotatable bonds is 6. The molecule has 0 heterocycles. The van der Waals surface area contributed by atoms with E-state index in [1.807, 2.05) is 0 Å².